The number of imidazole rings is 1. The van der Waals surface area contributed by atoms with Crippen molar-refractivity contribution in [2.75, 3.05) is 26.2 Å². The number of para-hydroxylation sites is 2. The van der Waals surface area contributed by atoms with Gasteiger partial charge in [-0.05, 0) is 37.0 Å². The van der Waals surface area contributed by atoms with E-state index in [2.05, 4.69) is 9.88 Å². The van der Waals surface area contributed by atoms with Gasteiger partial charge in [0.1, 0.15) is 6.61 Å². The topological polar surface area (TPSA) is 70.6 Å². The average molecular weight is 423 g/mol. The maximum Gasteiger partial charge on any atom is 0.410 e. The largest absolute Gasteiger partial charge is 0.445 e. The van der Waals surface area contributed by atoms with Gasteiger partial charge in [-0.15, -0.1) is 0 Å². The molecule has 2 aliphatic rings. The zero-order valence-corrected chi connectivity index (χ0v) is 17.6. The summed E-state index contributed by atoms with van der Waals surface area (Å²) in [4.78, 5) is 32.2. The Bertz CT molecular complexity index is 1110. The summed E-state index contributed by atoms with van der Waals surface area (Å²) in [5, 5.41) is 0. The zero-order chi connectivity index (χ0) is 21.2. The molecule has 1 amide bonds. The summed E-state index contributed by atoms with van der Waals surface area (Å²) < 4.78 is 7.42. The molecule has 2 fully saturated rings. The number of fused-ring (bicyclic) bond motifs is 1. The van der Waals surface area contributed by atoms with Crippen LogP contribution in [0.5, 0.6) is 0 Å². The Morgan fingerprint density at radius 2 is 1.68 bits per heavy atom. The number of piperidine rings is 1. The van der Waals surface area contributed by atoms with Gasteiger partial charge < -0.3 is 14.6 Å². The van der Waals surface area contributed by atoms with Gasteiger partial charge in [0.05, 0.1) is 11.0 Å². The smallest absolute Gasteiger partial charge is 0.410 e. The molecule has 3 heterocycles. The van der Waals surface area contributed by atoms with E-state index >= 15 is 0 Å². The number of nitrogens with zero attached hydrogens (tertiary/aromatic N) is 3. The lowest BCUT2D eigenvalue weighted by molar-refractivity contribution is 0.0959. The van der Waals surface area contributed by atoms with Crippen molar-refractivity contribution in [3.8, 4) is 0 Å². The maximum atomic E-state index is 12.5. The van der Waals surface area contributed by atoms with Gasteiger partial charge in [0.2, 0.25) is 0 Å². The number of ether oxygens (including phenoxy) is 1. The number of benzene rings is 2. The second kappa shape index (κ2) is 8.59. The molecular weight excluding hydrogens is 392 g/mol. The molecule has 1 N–H and O–H groups in total. The van der Waals surface area contributed by atoms with Crippen LogP contribution in [0.2, 0.25) is 0 Å². The van der Waals surface area contributed by atoms with Crippen molar-refractivity contribution in [2.45, 2.75) is 38.0 Å². The first-order valence-electron chi connectivity index (χ1n) is 11.1. The fourth-order valence-corrected chi connectivity index (χ4v) is 4.96. The summed E-state index contributed by atoms with van der Waals surface area (Å²) in [7, 11) is 0. The van der Waals surface area contributed by atoms with E-state index in [1.807, 2.05) is 64.1 Å². The van der Waals surface area contributed by atoms with Crippen molar-refractivity contribution < 1.29 is 11.0 Å². The van der Waals surface area contributed by atoms with Gasteiger partial charge in [-0.3, -0.25) is 9.47 Å². The summed E-state index contributed by atoms with van der Waals surface area (Å²) in [6, 6.07) is 18.2. The Hall–Kier alpha value is -3.06. The van der Waals surface area contributed by atoms with Crippen molar-refractivity contribution in [3.05, 3.63) is 70.6 Å². The SMILES string of the molecule is O=C(OCc1ccccc1)N1CCC(N2CCC(n3c(=O)[nH]c4ccccc43)CC2)C1.[HH]. The molecular formula is C24H30N4O3. The van der Waals surface area contributed by atoms with Gasteiger partial charge in [0, 0.05) is 39.7 Å². The highest BCUT2D eigenvalue weighted by Crippen LogP contribution is 2.28. The molecule has 0 aliphatic carbocycles. The number of H-pyrrole nitrogens is 1. The molecule has 31 heavy (non-hydrogen) atoms. The van der Waals surface area contributed by atoms with E-state index < -0.39 is 0 Å². The fourth-order valence-electron chi connectivity index (χ4n) is 4.96. The van der Waals surface area contributed by atoms with E-state index in [-0.39, 0.29) is 19.3 Å². The van der Waals surface area contributed by atoms with E-state index in [1.54, 1.807) is 0 Å². The number of likely N-dealkylation sites (tertiary alicyclic amines) is 2. The molecule has 0 saturated carbocycles. The van der Waals surface area contributed by atoms with Gasteiger partial charge in [-0.2, -0.15) is 0 Å². The first kappa shape index (κ1) is 19.9. The summed E-state index contributed by atoms with van der Waals surface area (Å²) >= 11 is 0. The summed E-state index contributed by atoms with van der Waals surface area (Å²) in [6.07, 6.45) is 2.62. The molecule has 0 spiro atoms. The van der Waals surface area contributed by atoms with Crippen molar-refractivity contribution in [1.82, 2.24) is 19.4 Å². The molecule has 1 unspecified atom stereocenters. The second-order valence-corrected chi connectivity index (χ2v) is 8.51. The Labute approximate surface area is 182 Å². The highest BCUT2D eigenvalue weighted by molar-refractivity contribution is 5.75. The van der Waals surface area contributed by atoms with Crippen LogP contribution in [-0.2, 0) is 11.3 Å². The van der Waals surface area contributed by atoms with Crippen LogP contribution in [0.4, 0.5) is 4.79 Å². The normalized spacial score (nSPS) is 20.4. The zero-order valence-electron chi connectivity index (χ0n) is 17.6. The van der Waals surface area contributed by atoms with Gasteiger partial charge in [0.25, 0.3) is 0 Å². The molecule has 164 valence electrons. The van der Waals surface area contributed by atoms with Crippen LogP contribution in [0.3, 0.4) is 0 Å². The molecule has 5 rings (SSSR count). The van der Waals surface area contributed by atoms with Gasteiger partial charge in [0.15, 0.2) is 0 Å². The number of carbonyl (C=O) groups is 1. The molecule has 7 heteroatoms. The quantitative estimate of drug-likeness (QED) is 0.697. The number of rotatable bonds is 4. The van der Waals surface area contributed by atoms with Crippen LogP contribution in [0.25, 0.3) is 11.0 Å². The molecule has 1 atom stereocenters. The monoisotopic (exact) mass is 422 g/mol. The van der Waals surface area contributed by atoms with Crippen molar-refractivity contribution in [1.29, 1.82) is 0 Å². The highest BCUT2D eigenvalue weighted by atomic mass is 16.6. The standard InChI is InChI=1S/C24H28N4O3.H2/c29-23-25-21-8-4-5-9-22(21)28(23)19-10-13-26(14-11-19)20-12-15-27(16-20)24(30)31-17-18-6-2-1-3-7-18;/h1-9,19-20H,10-17H2,(H,25,29);1H. The minimum atomic E-state index is -0.230. The third kappa shape index (κ3) is 4.10. The van der Waals surface area contributed by atoms with E-state index in [1.165, 1.54) is 0 Å². The van der Waals surface area contributed by atoms with Crippen LogP contribution in [0.1, 0.15) is 32.3 Å². The van der Waals surface area contributed by atoms with Crippen LogP contribution in [0.15, 0.2) is 59.4 Å². The number of hydrogen-bond donors (Lipinski definition) is 1. The van der Waals surface area contributed by atoms with Crippen molar-refractivity contribution >= 4 is 17.1 Å². The van der Waals surface area contributed by atoms with Crippen LogP contribution in [0, 0.1) is 0 Å². The highest BCUT2D eigenvalue weighted by Gasteiger charge is 2.34. The van der Waals surface area contributed by atoms with Crippen LogP contribution in [-0.4, -0.2) is 57.7 Å². The molecule has 2 aromatic carbocycles. The molecule has 0 bridgehead atoms. The van der Waals surface area contributed by atoms with E-state index in [0.717, 1.165) is 55.5 Å². The molecule has 0 radical (unpaired) electrons. The fraction of sp³-hybridized carbons (Fsp3) is 0.417. The Morgan fingerprint density at radius 3 is 2.48 bits per heavy atom. The van der Waals surface area contributed by atoms with Crippen molar-refractivity contribution in [3.63, 3.8) is 0 Å². The van der Waals surface area contributed by atoms with E-state index in [4.69, 9.17) is 4.74 Å². The third-order valence-electron chi connectivity index (χ3n) is 6.63. The lowest BCUT2D eigenvalue weighted by Gasteiger charge is -2.36. The van der Waals surface area contributed by atoms with Gasteiger partial charge >= 0.3 is 11.8 Å². The number of nitrogens with one attached hydrogen (secondary N) is 1. The van der Waals surface area contributed by atoms with Crippen LogP contribution >= 0.6 is 0 Å². The first-order chi connectivity index (χ1) is 15.2. The average Bonchev–Trinajstić information content (AvgIpc) is 3.43. The number of carbonyl (C=O) groups excluding carboxylic acids is 1. The Kier molecular flexibility index (Phi) is 5.51. The molecule has 7 nitrogen and oxygen atoms in total. The first-order valence-corrected chi connectivity index (χ1v) is 11.1. The lowest BCUT2D eigenvalue weighted by Crippen LogP contribution is -2.44. The van der Waals surface area contributed by atoms with Crippen LogP contribution < -0.4 is 5.69 Å². The summed E-state index contributed by atoms with van der Waals surface area (Å²) in [5.74, 6) is 0. The lowest BCUT2D eigenvalue weighted by atomic mass is 10.0. The second-order valence-electron chi connectivity index (χ2n) is 8.51. The minimum absolute atomic E-state index is 0. The maximum absolute atomic E-state index is 12.5. The molecule has 2 aliphatic heterocycles. The van der Waals surface area contributed by atoms with Gasteiger partial charge in [-0.1, -0.05) is 42.5 Å². The number of hydrogen-bond acceptors (Lipinski definition) is 4. The predicted octanol–water partition coefficient (Wildman–Crippen LogP) is 3.62. The van der Waals surface area contributed by atoms with Crippen molar-refractivity contribution in [2.24, 2.45) is 0 Å². The number of aromatic nitrogens is 2. The molecule has 3 aromatic rings. The molecule has 2 saturated heterocycles. The number of aromatic amines is 1. The van der Waals surface area contributed by atoms with E-state index in [9.17, 15) is 9.59 Å². The molecule has 1 aromatic heterocycles. The Morgan fingerprint density at radius 1 is 0.968 bits per heavy atom. The van der Waals surface area contributed by atoms with E-state index in [0.29, 0.717) is 19.2 Å². The predicted molar refractivity (Wildman–Crippen MR) is 121 cm³/mol. The Balaban J connectivity index is 0.00000245. The minimum Gasteiger partial charge on any atom is -0.445 e. The summed E-state index contributed by atoms with van der Waals surface area (Å²) in [5.41, 5.74) is 2.86. The number of amides is 1. The van der Waals surface area contributed by atoms with Gasteiger partial charge in [-0.25, -0.2) is 9.59 Å². The third-order valence-corrected chi connectivity index (χ3v) is 6.63. The summed E-state index contributed by atoms with van der Waals surface area (Å²) in [6.45, 7) is 3.64.